The van der Waals surface area contributed by atoms with Gasteiger partial charge in [-0.05, 0) is 51.8 Å². The zero-order chi connectivity index (χ0) is 11.3. The van der Waals surface area contributed by atoms with Crippen molar-refractivity contribution in [3.63, 3.8) is 0 Å². The Morgan fingerprint density at radius 1 is 1.20 bits per heavy atom. The second kappa shape index (κ2) is 5.53. The highest BCUT2D eigenvalue weighted by atomic mass is 35.5. The van der Waals surface area contributed by atoms with Gasteiger partial charge in [-0.2, -0.15) is 0 Å². The van der Waals surface area contributed by atoms with Crippen molar-refractivity contribution in [2.75, 3.05) is 6.54 Å². The number of halogens is 1. The SMILES string of the molecule is CC(C)(C)NCCCc1ccccc1Cl. The molecule has 1 aromatic rings. The molecule has 0 aliphatic carbocycles. The van der Waals surface area contributed by atoms with E-state index >= 15 is 0 Å². The summed E-state index contributed by atoms with van der Waals surface area (Å²) in [5.41, 5.74) is 1.45. The molecular weight excluding hydrogens is 206 g/mol. The van der Waals surface area contributed by atoms with E-state index in [1.807, 2.05) is 18.2 Å². The first-order valence-corrected chi connectivity index (χ1v) is 5.85. The summed E-state index contributed by atoms with van der Waals surface area (Å²) in [6.45, 7) is 7.59. The number of hydrogen-bond donors (Lipinski definition) is 1. The Morgan fingerprint density at radius 3 is 2.47 bits per heavy atom. The molecule has 0 spiro atoms. The zero-order valence-corrected chi connectivity index (χ0v) is 10.6. The topological polar surface area (TPSA) is 12.0 Å². The summed E-state index contributed by atoms with van der Waals surface area (Å²) < 4.78 is 0. The molecular formula is C13H20ClN. The van der Waals surface area contributed by atoms with Crippen LogP contribution in [0.1, 0.15) is 32.8 Å². The predicted octanol–water partition coefficient (Wildman–Crippen LogP) is 3.66. The highest BCUT2D eigenvalue weighted by molar-refractivity contribution is 6.31. The Bertz CT molecular complexity index is 302. The van der Waals surface area contributed by atoms with Crippen molar-refractivity contribution < 1.29 is 0 Å². The van der Waals surface area contributed by atoms with Gasteiger partial charge in [0.25, 0.3) is 0 Å². The fourth-order valence-corrected chi connectivity index (χ4v) is 1.67. The minimum Gasteiger partial charge on any atom is -0.312 e. The van der Waals surface area contributed by atoms with Crippen LogP contribution in [0.25, 0.3) is 0 Å². The standard InChI is InChI=1S/C13H20ClN/c1-13(2,3)15-10-6-8-11-7-4-5-9-12(11)14/h4-5,7,9,15H,6,8,10H2,1-3H3. The number of nitrogens with one attached hydrogen (secondary N) is 1. The lowest BCUT2D eigenvalue weighted by Gasteiger charge is -2.20. The van der Waals surface area contributed by atoms with E-state index in [1.54, 1.807) is 0 Å². The summed E-state index contributed by atoms with van der Waals surface area (Å²) in [5.74, 6) is 0. The lowest BCUT2D eigenvalue weighted by Crippen LogP contribution is -2.36. The summed E-state index contributed by atoms with van der Waals surface area (Å²) in [4.78, 5) is 0. The molecule has 0 aliphatic heterocycles. The monoisotopic (exact) mass is 225 g/mol. The van der Waals surface area contributed by atoms with Gasteiger partial charge in [0.2, 0.25) is 0 Å². The molecule has 1 rings (SSSR count). The molecule has 0 radical (unpaired) electrons. The maximum absolute atomic E-state index is 6.07. The van der Waals surface area contributed by atoms with Gasteiger partial charge in [-0.15, -0.1) is 0 Å². The summed E-state index contributed by atoms with van der Waals surface area (Å²) in [7, 11) is 0. The first-order chi connectivity index (χ1) is 6.99. The number of rotatable bonds is 4. The van der Waals surface area contributed by atoms with E-state index in [0.29, 0.717) is 0 Å². The number of benzene rings is 1. The Kier molecular flexibility index (Phi) is 4.62. The Balaban J connectivity index is 2.30. The first kappa shape index (κ1) is 12.5. The fraction of sp³-hybridized carbons (Fsp3) is 0.538. The normalized spacial score (nSPS) is 11.7. The van der Waals surface area contributed by atoms with E-state index in [-0.39, 0.29) is 5.54 Å². The van der Waals surface area contributed by atoms with Gasteiger partial charge in [0.15, 0.2) is 0 Å². The van der Waals surface area contributed by atoms with Crippen LogP contribution < -0.4 is 5.32 Å². The molecule has 1 aromatic carbocycles. The summed E-state index contributed by atoms with van der Waals surface area (Å²) >= 11 is 6.07. The summed E-state index contributed by atoms with van der Waals surface area (Å²) in [5, 5.41) is 4.35. The third-order valence-electron chi connectivity index (χ3n) is 2.24. The van der Waals surface area contributed by atoms with E-state index in [0.717, 1.165) is 24.4 Å². The van der Waals surface area contributed by atoms with Crippen molar-refractivity contribution in [3.05, 3.63) is 34.9 Å². The predicted molar refractivity (Wildman–Crippen MR) is 67.5 cm³/mol. The quantitative estimate of drug-likeness (QED) is 0.772. The molecule has 84 valence electrons. The second-order valence-corrected chi connectivity index (χ2v) is 5.28. The largest absolute Gasteiger partial charge is 0.312 e. The van der Waals surface area contributed by atoms with E-state index in [2.05, 4.69) is 32.2 Å². The van der Waals surface area contributed by atoms with E-state index in [1.165, 1.54) is 5.56 Å². The summed E-state index contributed by atoms with van der Waals surface area (Å²) in [6.07, 6.45) is 2.17. The molecule has 0 saturated heterocycles. The van der Waals surface area contributed by atoms with Gasteiger partial charge in [0.05, 0.1) is 0 Å². The molecule has 0 atom stereocenters. The van der Waals surface area contributed by atoms with Crippen LogP contribution in [0.15, 0.2) is 24.3 Å². The Labute approximate surface area is 97.8 Å². The first-order valence-electron chi connectivity index (χ1n) is 5.47. The zero-order valence-electron chi connectivity index (χ0n) is 9.81. The van der Waals surface area contributed by atoms with Gasteiger partial charge in [-0.1, -0.05) is 29.8 Å². The third kappa shape index (κ3) is 5.19. The molecule has 0 saturated carbocycles. The average molecular weight is 226 g/mol. The number of hydrogen-bond acceptors (Lipinski definition) is 1. The Hall–Kier alpha value is -0.530. The van der Waals surface area contributed by atoms with Crippen LogP contribution >= 0.6 is 11.6 Å². The fourth-order valence-electron chi connectivity index (χ4n) is 1.44. The van der Waals surface area contributed by atoms with Gasteiger partial charge in [0, 0.05) is 10.6 Å². The van der Waals surface area contributed by atoms with Crippen molar-refractivity contribution in [1.29, 1.82) is 0 Å². The van der Waals surface area contributed by atoms with Crippen molar-refractivity contribution >= 4 is 11.6 Å². The molecule has 1 N–H and O–H groups in total. The maximum atomic E-state index is 6.07. The molecule has 1 nitrogen and oxygen atoms in total. The van der Waals surface area contributed by atoms with Crippen LogP contribution in [0.3, 0.4) is 0 Å². The molecule has 15 heavy (non-hydrogen) atoms. The van der Waals surface area contributed by atoms with Gasteiger partial charge >= 0.3 is 0 Å². The van der Waals surface area contributed by atoms with E-state index in [4.69, 9.17) is 11.6 Å². The van der Waals surface area contributed by atoms with E-state index in [9.17, 15) is 0 Å². The highest BCUT2D eigenvalue weighted by Gasteiger charge is 2.07. The van der Waals surface area contributed by atoms with Gasteiger partial charge in [0.1, 0.15) is 0 Å². The van der Waals surface area contributed by atoms with Crippen molar-refractivity contribution in [3.8, 4) is 0 Å². The molecule has 0 fully saturated rings. The molecule has 0 unspecified atom stereocenters. The van der Waals surface area contributed by atoms with Crippen molar-refractivity contribution in [1.82, 2.24) is 5.32 Å². The van der Waals surface area contributed by atoms with Crippen LogP contribution in [0.4, 0.5) is 0 Å². The lowest BCUT2D eigenvalue weighted by molar-refractivity contribution is 0.422. The molecule has 0 aliphatic rings. The second-order valence-electron chi connectivity index (χ2n) is 4.87. The smallest absolute Gasteiger partial charge is 0.0437 e. The number of aryl methyl sites for hydroxylation is 1. The molecule has 2 heteroatoms. The molecule has 0 bridgehead atoms. The van der Waals surface area contributed by atoms with Crippen molar-refractivity contribution in [2.24, 2.45) is 0 Å². The molecule has 0 heterocycles. The van der Waals surface area contributed by atoms with Crippen LogP contribution in [0, 0.1) is 0 Å². The maximum Gasteiger partial charge on any atom is 0.0437 e. The van der Waals surface area contributed by atoms with Gasteiger partial charge < -0.3 is 5.32 Å². The van der Waals surface area contributed by atoms with Crippen LogP contribution in [0.5, 0.6) is 0 Å². The lowest BCUT2D eigenvalue weighted by atomic mass is 10.1. The Morgan fingerprint density at radius 2 is 1.87 bits per heavy atom. The molecule has 0 aromatic heterocycles. The minimum atomic E-state index is 0.209. The van der Waals surface area contributed by atoms with Gasteiger partial charge in [-0.3, -0.25) is 0 Å². The highest BCUT2D eigenvalue weighted by Crippen LogP contribution is 2.16. The van der Waals surface area contributed by atoms with Crippen LogP contribution in [-0.2, 0) is 6.42 Å². The van der Waals surface area contributed by atoms with Crippen molar-refractivity contribution in [2.45, 2.75) is 39.2 Å². The van der Waals surface area contributed by atoms with Gasteiger partial charge in [-0.25, -0.2) is 0 Å². The third-order valence-corrected chi connectivity index (χ3v) is 2.60. The summed E-state index contributed by atoms with van der Waals surface area (Å²) in [6, 6.07) is 8.06. The minimum absolute atomic E-state index is 0.209. The average Bonchev–Trinajstić information content (AvgIpc) is 2.13. The van der Waals surface area contributed by atoms with E-state index < -0.39 is 0 Å². The van der Waals surface area contributed by atoms with Crippen LogP contribution in [0.2, 0.25) is 5.02 Å². The van der Waals surface area contributed by atoms with Crippen LogP contribution in [-0.4, -0.2) is 12.1 Å². The molecule has 0 amide bonds.